The van der Waals surface area contributed by atoms with E-state index in [1.54, 1.807) is 24.0 Å². The molecule has 436 valence electrons. The number of methoxy groups -OCH3 is 1. The molecular formula is C63H86N10O8. The zero-order valence-corrected chi connectivity index (χ0v) is 49.3. The Balaban J connectivity index is 0.986. The second kappa shape index (κ2) is 23.9. The second-order valence-electron chi connectivity index (χ2n) is 24.8. The van der Waals surface area contributed by atoms with Crippen molar-refractivity contribution in [3.63, 3.8) is 0 Å². The molecule has 18 nitrogen and oxygen atoms in total. The Bertz CT molecular complexity index is 3020. The predicted octanol–water partition coefficient (Wildman–Crippen LogP) is 7.72. The largest absolute Gasteiger partial charge is 0.464 e. The molecule has 4 aromatic rings. The summed E-state index contributed by atoms with van der Waals surface area (Å²) < 4.78 is 21.0. The third-order valence-electron chi connectivity index (χ3n) is 18.6. The van der Waals surface area contributed by atoms with E-state index >= 15 is 0 Å². The maximum absolute atomic E-state index is 15.0. The molecule has 6 aliphatic heterocycles. The van der Waals surface area contributed by atoms with Gasteiger partial charge in [-0.2, -0.15) is 0 Å². The van der Waals surface area contributed by atoms with Gasteiger partial charge in [-0.25, -0.2) is 10.2 Å². The highest BCUT2D eigenvalue weighted by Gasteiger charge is 2.50. The monoisotopic (exact) mass is 1110 g/mol. The van der Waals surface area contributed by atoms with Crippen molar-refractivity contribution < 1.29 is 38.2 Å². The zero-order valence-electron chi connectivity index (χ0n) is 49.3. The number of urea groups is 1. The highest BCUT2D eigenvalue weighted by molar-refractivity contribution is 5.96. The van der Waals surface area contributed by atoms with Gasteiger partial charge in [0.15, 0.2) is 0 Å². The lowest BCUT2D eigenvalue weighted by atomic mass is 9.84. The van der Waals surface area contributed by atoms with E-state index in [1.165, 1.54) is 41.8 Å². The van der Waals surface area contributed by atoms with Gasteiger partial charge in [-0.1, -0.05) is 71.0 Å². The van der Waals surface area contributed by atoms with Gasteiger partial charge in [0.2, 0.25) is 11.8 Å². The van der Waals surface area contributed by atoms with Crippen LogP contribution in [0, 0.1) is 11.3 Å². The molecule has 8 heterocycles. The third-order valence-corrected chi connectivity index (χ3v) is 18.6. The lowest BCUT2D eigenvalue weighted by Gasteiger charge is -2.45. The van der Waals surface area contributed by atoms with Crippen LogP contribution in [-0.2, 0) is 52.8 Å². The second-order valence-corrected chi connectivity index (χ2v) is 24.8. The first-order valence-corrected chi connectivity index (χ1v) is 29.7. The molecule has 6 aliphatic rings. The summed E-state index contributed by atoms with van der Waals surface area (Å²) >= 11 is 0. The van der Waals surface area contributed by atoms with E-state index in [9.17, 15) is 24.0 Å². The number of cyclic esters (lactones) is 1. The van der Waals surface area contributed by atoms with E-state index < -0.39 is 46.9 Å². The number of aryl methyl sites for hydroxylation is 1. The Hall–Kier alpha value is -6.34. The summed E-state index contributed by atoms with van der Waals surface area (Å²) in [4.78, 5) is 86.3. The fourth-order valence-electron chi connectivity index (χ4n) is 13.8. The number of hydrazine groups is 1. The topological polar surface area (TPSA) is 174 Å². The standard InChI is InChI=1S/C63H86N10O8/c1-11-54(74)72-39-81-63(42(72)6)23-27-69(28-24-63)61(78)67(9)56(40(3)4)58(75)65-52-32-43-17-15-18-44(31-43)45-21-22-53-48(33-45)50(35-62(7,8)38-80-60(77)51-20-16-26-73(66-51)59(52)76)57(71(53)12-2)49-34-47(36-64-55(49)41(5)79-10)70-30-29-68-25-14-13-19-46(68)37-70/h11,15,17-18,21-22,31,33-34,36,40-42,46,51-52,56,66H,1,12-14,16,19-20,23-30,32,35,37-39H2,2-10H3,(H,65,75)/t41-,42-,46+,51-,52-,56-/m0/s1. The maximum atomic E-state index is 15.0. The fraction of sp³-hybridized carbons (Fsp3) is 0.587. The minimum absolute atomic E-state index is 0.130. The minimum atomic E-state index is -1.07. The number of fused-ring (bicyclic) bond motifs is 7. The van der Waals surface area contributed by atoms with E-state index in [0.717, 1.165) is 75.4 Å². The van der Waals surface area contributed by atoms with Gasteiger partial charge in [-0.15, -0.1) is 0 Å². The van der Waals surface area contributed by atoms with Crippen molar-refractivity contribution in [3.8, 4) is 22.4 Å². The van der Waals surface area contributed by atoms with Crippen molar-refractivity contribution in [2.24, 2.45) is 11.3 Å². The number of piperazine rings is 1. The highest BCUT2D eigenvalue weighted by atomic mass is 16.5. The molecule has 18 heteroatoms. The number of nitrogens with zero attached hydrogens (tertiary/aromatic N) is 8. The van der Waals surface area contributed by atoms with Gasteiger partial charge in [0, 0.05) is 94.3 Å². The summed E-state index contributed by atoms with van der Waals surface area (Å²) in [6, 6.07) is 14.4. The van der Waals surface area contributed by atoms with Crippen LogP contribution in [0.1, 0.15) is 116 Å². The number of carbonyl (C=O) groups excluding carboxylic acids is 5. The summed E-state index contributed by atoms with van der Waals surface area (Å²) in [5.41, 5.74) is 11.2. The quantitative estimate of drug-likeness (QED) is 0.117. The Morgan fingerprint density at radius 3 is 2.49 bits per heavy atom. The molecule has 81 heavy (non-hydrogen) atoms. The number of hydrogen-bond donors (Lipinski definition) is 2. The molecule has 10 rings (SSSR count). The smallest absolute Gasteiger partial charge is 0.324 e. The maximum Gasteiger partial charge on any atom is 0.324 e. The van der Waals surface area contributed by atoms with Gasteiger partial charge < -0.3 is 43.7 Å². The molecule has 0 saturated carbocycles. The number of ether oxygens (including phenoxy) is 3. The van der Waals surface area contributed by atoms with Crippen molar-refractivity contribution in [2.75, 3.05) is 78.2 Å². The van der Waals surface area contributed by atoms with Crippen molar-refractivity contribution in [1.29, 1.82) is 0 Å². The molecule has 6 atom stereocenters. The highest BCUT2D eigenvalue weighted by Crippen LogP contribution is 2.44. The normalized spacial score (nSPS) is 24.1. The Morgan fingerprint density at radius 2 is 1.75 bits per heavy atom. The molecule has 0 unspecified atom stereocenters. The molecule has 0 aliphatic carbocycles. The number of amides is 5. The van der Waals surface area contributed by atoms with Crippen molar-refractivity contribution in [1.82, 2.24) is 44.9 Å². The van der Waals surface area contributed by atoms with Crippen LogP contribution >= 0.6 is 0 Å². The van der Waals surface area contributed by atoms with E-state index in [-0.39, 0.29) is 49.8 Å². The molecule has 6 bridgehead atoms. The summed E-state index contributed by atoms with van der Waals surface area (Å²) in [5, 5.41) is 5.68. The molecule has 5 fully saturated rings. The number of esters is 1. The van der Waals surface area contributed by atoms with Crippen LogP contribution in [0.5, 0.6) is 0 Å². The molecule has 5 amide bonds. The molecular weight excluding hydrogens is 1020 g/mol. The molecule has 0 radical (unpaired) electrons. The van der Waals surface area contributed by atoms with Crippen LogP contribution in [0.4, 0.5) is 10.5 Å². The zero-order chi connectivity index (χ0) is 57.5. The van der Waals surface area contributed by atoms with Crippen LogP contribution < -0.4 is 15.6 Å². The summed E-state index contributed by atoms with van der Waals surface area (Å²) in [6.07, 6.45) is 9.56. The van der Waals surface area contributed by atoms with Crippen molar-refractivity contribution in [3.05, 3.63) is 84.2 Å². The summed E-state index contributed by atoms with van der Waals surface area (Å²) in [5.74, 6) is -1.81. The van der Waals surface area contributed by atoms with Gasteiger partial charge in [0.25, 0.3) is 5.91 Å². The number of likely N-dealkylation sites (tertiary alicyclic amines) is 1. The first kappa shape index (κ1) is 57.9. The molecule has 2 aromatic heterocycles. The van der Waals surface area contributed by atoms with Crippen LogP contribution in [0.15, 0.2) is 67.4 Å². The molecule has 2 N–H and O–H groups in total. The average Bonchev–Trinajstić information content (AvgIpc) is 4.08. The molecule has 2 aromatic carbocycles. The number of likely N-dealkylation sites (N-methyl/N-ethyl adjacent to an activating group) is 1. The van der Waals surface area contributed by atoms with Crippen LogP contribution in [0.25, 0.3) is 33.3 Å². The molecule has 1 spiro atoms. The third kappa shape index (κ3) is 11.6. The summed E-state index contributed by atoms with van der Waals surface area (Å²) in [6.45, 7) is 24.1. The van der Waals surface area contributed by atoms with Gasteiger partial charge in [-0.3, -0.25) is 34.1 Å². The van der Waals surface area contributed by atoms with E-state index in [4.69, 9.17) is 19.2 Å². The lowest BCUT2D eigenvalue weighted by Crippen LogP contribution is -2.63. The number of hydrogen-bond acceptors (Lipinski definition) is 12. The molecule has 5 saturated heterocycles. The minimum Gasteiger partial charge on any atom is -0.464 e. The number of rotatable bonds is 10. The summed E-state index contributed by atoms with van der Waals surface area (Å²) in [7, 11) is 3.37. The van der Waals surface area contributed by atoms with Gasteiger partial charge >= 0.3 is 12.0 Å². The van der Waals surface area contributed by atoms with Crippen LogP contribution in [0.2, 0.25) is 0 Å². The number of benzene rings is 2. The van der Waals surface area contributed by atoms with Crippen molar-refractivity contribution >= 4 is 46.3 Å². The number of carbonyl (C=O) groups is 5. The first-order valence-electron chi connectivity index (χ1n) is 29.7. The van der Waals surface area contributed by atoms with Crippen LogP contribution in [-0.4, -0.2) is 173 Å². The van der Waals surface area contributed by atoms with Crippen molar-refractivity contribution in [2.45, 2.75) is 155 Å². The van der Waals surface area contributed by atoms with Crippen LogP contribution in [0.3, 0.4) is 0 Å². The lowest BCUT2D eigenvalue weighted by molar-refractivity contribution is -0.155. The number of nitrogens with one attached hydrogen (secondary N) is 2. The number of piperidine rings is 2. The predicted molar refractivity (Wildman–Crippen MR) is 313 cm³/mol. The van der Waals surface area contributed by atoms with Gasteiger partial charge in [0.1, 0.15) is 24.9 Å². The van der Waals surface area contributed by atoms with Gasteiger partial charge in [-0.05, 0) is 125 Å². The number of aromatic nitrogens is 2. The SMILES string of the molecule is C=CC(=O)N1COC2(CCN(C(=O)N(C)[C@H](C(=O)N[C@H]3Cc4cccc(c4)-c4ccc5c(c4)c(c(-c4cc(N6CCN7CCCC[C@@H]7C6)cnc4[C@H](C)OC)n5CC)CC(C)(C)COC(=O)[C@@H]4CCCN(N4)C3=O)C(C)C)CC2)[C@@H]1C. The van der Waals surface area contributed by atoms with E-state index in [0.29, 0.717) is 64.3 Å². The average molecular weight is 1110 g/mol. The number of pyridine rings is 1. The Morgan fingerprint density at radius 1 is 0.975 bits per heavy atom. The number of anilines is 1. The van der Waals surface area contributed by atoms with E-state index in [2.05, 4.69) is 95.8 Å². The van der Waals surface area contributed by atoms with Gasteiger partial charge in [0.05, 0.1) is 47.6 Å². The van der Waals surface area contributed by atoms with E-state index in [1.807, 2.05) is 39.1 Å². The first-order chi connectivity index (χ1) is 38.8. The fourth-order valence-corrected chi connectivity index (χ4v) is 13.8. The Kier molecular flexibility index (Phi) is 17.1. The Labute approximate surface area is 478 Å².